The maximum absolute atomic E-state index is 3.98. The Morgan fingerprint density at radius 3 is 1.50 bits per heavy atom. The van der Waals surface area contributed by atoms with Crippen LogP contribution in [0.3, 0.4) is 0 Å². The first-order valence-corrected chi connectivity index (χ1v) is 13.2. The van der Waals surface area contributed by atoms with Crippen LogP contribution in [0, 0.1) is 0 Å². The molecule has 0 atom stereocenters. The van der Waals surface area contributed by atoms with Gasteiger partial charge in [-0.2, -0.15) is 0 Å². The lowest BCUT2D eigenvalue weighted by molar-refractivity contribution is 0.744. The summed E-state index contributed by atoms with van der Waals surface area (Å²) in [4.78, 5) is 0. The van der Waals surface area contributed by atoms with Crippen molar-refractivity contribution in [3.8, 4) is 11.1 Å². The van der Waals surface area contributed by atoms with Crippen LogP contribution in [0.25, 0.3) is 11.1 Å². The van der Waals surface area contributed by atoms with Gasteiger partial charge in [0, 0.05) is 0 Å². The predicted molar refractivity (Wildman–Crippen MR) is 160 cm³/mol. The number of hydrogen-bond donors (Lipinski definition) is 0. The van der Waals surface area contributed by atoms with Gasteiger partial charge in [-0.25, -0.2) is 0 Å². The highest BCUT2D eigenvalue weighted by atomic mass is 14.5. The molecule has 34 heavy (non-hydrogen) atoms. The fourth-order valence-corrected chi connectivity index (χ4v) is 4.18. The molecule has 0 radical (unpaired) electrons. The van der Waals surface area contributed by atoms with Crippen molar-refractivity contribution in [2.75, 3.05) is 0 Å². The van der Waals surface area contributed by atoms with Crippen molar-refractivity contribution in [3.63, 3.8) is 0 Å². The normalized spacial score (nSPS) is 12.6. The minimum Gasteiger partial charge on any atom is -0.0991 e. The second-order valence-electron chi connectivity index (χ2n) is 6.59. The predicted octanol–water partition coefficient (Wildman–Crippen LogP) is 11.3. The van der Waals surface area contributed by atoms with Crippen LogP contribution < -0.4 is 0 Å². The van der Waals surface area contributed by atoms with E-state index in [1.165, 1.54) is 33.4 Å². The van der Waals surface area contributed by atoms with Crippen LogP contribution in [-0.2, 0) is 5.41 Å². The van der Waals surface area contributed by atoms with Crippen LogP contribution in [-0.4, -0.2) is 0 Å². The first kappa shape index (κ1) is 33.3. The zero-order valence-electron chi connectivity index (χ0n) is 23.7. The van der Waals surface area contributed by atoms with E-state index in [4.69, 9.17) is 0 Å². The summed E-state index contributed by atoms with van der Waals surface area (Å²) in [5.41, 5.74) is 7.44. The summed E-state index contributed by atoms with van der Waals surface area (Å²) in [7, 11) is 0. The van der Waals surface area contributed by atoms with E-state index >= 15 is 0 Å². The number of benzene rings is 2. The van der Waals surface area contributed by atoms with Gasteiger partial charge in [0.25, 0.3) is 0 Å². The Kier molecular flexibility index (Phi) is 19.2. The van der Waals surface area contributed by atoms with Gasteiger partial charge in [-0.3, -0.25) is 0 Å². The van der Waals surface area contributed by atoms with Gasteiger partial charge in [-0.1, -0.05) is 166 Å². The summed E-state index contributed by atoms with van der Waals surface area (Å²) in [6.07, 6.45) is 13.5. The molecule has 0 saturated heterocycles. The van der Waals surface area contributed by atoms with E-state index in [0.29, 0.717) is 0 Å². The zero-order chi connectivity index (χ0) is 26.6. The van der Waals surface area contributed by atoms with Crippen molar-refractivity contribution in [1.29, 1.82) is 0 Å². The molecule has 0 N–H and O–H groups in total. The Hall–Kier alpha value is -2.86. The Bertz CT molecular complexity index is 873. The third-order valence-electron chi connectivity index (χ3n) is 5.18. The highest BCUT2D eigenvalue weighted by Gasteiger charge is 2.45. The molecule has 0 aliphatic heterocycles. The molecule has 0 unspecified atom stereocenters. The van der Waals surface area contributed by atoms with E-state index in [9.17, 15) is 0 Å². The molecule has 0 fully saturated rings. The van der Waals surface area contributed by atoms with E-state index in [2.05, 4.69) is 99.8 Å². The van der Waals surface area contributed by atoms with Crippen molar-refractivity contribution in [2.24, 2.45) is 0 Å². The molecule has 0 heteroatoms. The Labute approximate surface area is 212 Å². The van der Waals surface area contributed by atoms with Crippen LogP contribution in [0.2, 0.25) is 0 Å². The lowest BCUT2D eigenvalue weighted by atomic mass is 9.66. The maximum Gasteiger partial charge on any atom is 0.0673 e. The molecular formula is C34H50. The van der Waals surface area contributed by atoms with Gasteiger partial charge < -0.3 is 0 Å². The zero-order valence-corrected chi connectivity index (χ0v) is 23.7. The highest BCUT2D eigenvalue weighted by molar-refractivity contribution is 5.86. The number of rotatable bonds is 6. The van der Waals surface area contributed by atoms with Crippen LogP contribution in [0.4, 0.5) is 0 Å². The Balaban J connectivity index is 0. The van der Waals surface area contributed by atoms with E-state index in [0.717, 1.165) is 6.42 Å². The first-order chi connectivity index (χ1) is 16.7. The molecule has 1 aliphatic carbocycles. The molecule has 3 rings (SSSR count). The summed E-state index contributed by atoms with van der Waals surface area (Å²) in [5.74, 6) is 0. The first-order valence-electron chi connectivity index (χ1n) is 13.2. The molecule has 186 valence electrons. The van der Waals surface area contributed by atoms with Gasteiger partial charge in [0.05, 0.1) is 5.41 Å². The third kappa shape index (κ3) is 7.07. The molecule has 0 aromatic heterocycles. The Morgan fingerprint density at radius 2 is 1.12 bits per heavy atom. The summed E-state index contributed by atoms with van der Waals surface area (Å²) in [6.45, 7) is 28.3. The molecule has 2 aromatic rings. The number of fused-ring (bicyclic) bond motifs is 3. The average molecular weight is 459 g/mol. The van der Waals surface area contributed by atoms with Crippen molar-refractivity contribution in [1.82, 2.24) is 0 Å². The standard InChI is InChI=1S/C26H26.4C2H6/c1-5-8-15-21(14-7-3)26(20(4)13-6-2)24-18-11-9-16-22(24)23-17-10-12-19-25(23)26;4*1-2/h6-19H,2-3,5H2,1,4H3;4*1-2H3/b15-8-,20-13+,21-14+;;;;. The molecule has 0 saturated carbocycles. The minimum atomic E-state index is -0.318. The molecule has 0 heterocycles. The lowest BCUT2D eigenvalue weighted by Crippen LogP contribution is -2.29. The minimum absolute atomic E-state index is 0.318. The largest absolute Gasteiger partial charge is 0.0991 e. The summed E-state index contributed by atoms with van der Waals surface area (Å²) in [6, 6.07) is 17.5. The number of hydrogen-bond acceptors (Lipinski definition) is 0. The molecule has 2 aromatic carbocycles. The van der Waals surface area contributed by atoms with Crippen molar-refractivity contribution in [3.05, 3.63) is 120 Å². The fourth-order valence-electron chi connectivity index (χ4n) is 4.18. The summed E-state index contributed by atoms with van der Waals surface area (Å²) >= 11 is 0. The van der Waals surface area contributed by atoms with Gasteiger partial charge >= 0.3 is 0 Å². The van der Waals surface area contributed by atoms with Crippen molar-refractivity contribution >= 4 is 0 Å². The van der Waals surface area contributed by atoms with Crippen LogP contribution in [0.5, 0.6) is 0 Å². The third-order valence-corrected chi connectivity index (χ3v) is 5.18. The van der Waals surface area contributed by atoms with E-state index in [-0.39, 0.29) is 5.41 Å². The second-order valence-corrected chi connectivity index (χ2v) is 6.59. The molecule has 0 nitrogen and oxygen atoms in total. The summed E-state index contributed by atoms with van der Waals surface area (Å²) in [5, 5.41) is 0. The Morgan fingerprint density at radius 1 is 0.706 bits per heavy atom. The van der Waals surface area contributed by atoms with Crippen LogP contribution in [0.1, 0.15) is 86.8 Å². The number of allylic oxidation sites excluding steroid dienone is 8. The SMILES string of the molecule is C=C/C=C(\C)C1(C(/C=C\CC)=C/C=C)c2ccccc2-c2ccccc21.CC.CC.CC.CC. The van der Waals surface area contributed by atoms with Gasteiger partial charge in [0.15, 0.2) is 0 Å². The van der Waals surface area contributed by atoms with Gasteiger partial charge in [0.1, 0.15) is 0 Å². The van der Waals surface area contributed by atoms with E-state index in [1.54, 1.807) is 0 Å². The molecule has 0 spiro atoms. The van der Waals surface area contributed by atoms with E-state index in [1.807, 2.05) is 67.5 Å². The monoisotopic (exact) mass is 458 g/mol. The molecule has 0 amide bonds. The van der Waals surface area contributed by atoms with Gasteiger partial charge in [-0.05, 0) is 41.2 Å². The summed E-state index contributed by atoms with van der Waals surface area (Å²) < 4.78 is 0. The highest BCUT2D eigenvalue weighted by Crippen LogP contribution is 2.56. The maximum atomic E-state index is 3.98. The van der Waals surface area contributed by atoms with Gasteiger partial charge in [-0.15, -0.1) is 0 Å². The lowest BCUT2D eigenvalue weighted by Gasteiger charge is -2.35. The van der Waals surface area contributed by atoms with Crippen LogP contribution in [0.15, 0.2) is 109 Å². The van der Waals surface area contributed by atoms with Crippen LogP contribution >= 0.6 is 0 Å². The topological polar surface area (TPSA) is 0 Å². The van der Waals surface area contributed by atoms with Gasteiger partial charge in [0.2, 0.25) is 0 Å². The van der Waals surface area contributed by atoms with E-state index < -0.39 is 0 Å². The second kappa shape index (κ2) is 19.6. The fraction of sp³-hybridized carbons (Fsp3) is 0.353. The van der Waals surface area contributed by atoms with Crippen molar-refractivity contribution < 1.29 is 0 Å². The molecular weight excluding hydrogens is 408 g/mol. The molecule has 0 bridgehead atoms. The molecule has 1 aliphatic rings. The van der Waals surface area contributed by atoms with Crippen molar-refractivity contribution in [2.45, 2.75) is 81.1 Å². The smallest absolute Gasteiger partial charge is 0.0673 e. The average Bonchev–Trinajstić information content (AvgIpc) is 3.23. The quantitative estimate of drug-likeness (QED) is 0.377.